The van der Waals surface area contributed by atoms with Crippen molar-refractivity contribution in [2.24, 2.45) is 0 Å². The number of hydrogen-bond donors (Lipinski definition) is 0. The van der Waals surface area contributed by atoms with Crippen LogP contribution in [-0.2, 0) is 11.3 Å². The number of nitrogens with zero attached hydrogens (tertiary/aromatic N) is 4. The van der Waals surface area contributed by atoms with Crippen molar-refractivity contribution < 1.29 is 18.7 Å². The van der Waals surface area contributed by atoms with Crippen LogP contribution in [0.1, 0.15) is 22.5 Å². The van der Waals surface area contributed by atoms with E-state index in [-0.39, 0.29) is 22.6 Å². The lowest BCUT2D eigenvalue weighted by Gasteiger charge is -2.36. The molecule has 0 aliphatic carbocycles. The molecule has 0 radical (unpaired) electrons. The lowest BCUT2D eigenvalue weighted by molar-refractivity contribution is 0.0746. The van der Waals surface area contributed by atoms with Crippen molar-refractivity contribution >= 4 is 22.7 Å². The molecule has 0 atom stereocenters. The normalized spacial score (nSPS) is 14.2. The standard InChI is InChI=1S/C23H28N4O5/c1-16-19(20-21(32-16)24-15-27(23(20)29)9-4-14-30-2)22(28)26-12-10-25(11-13-26)17-5-7-18(31-3)8-6-17/h5-8,15H,4,9-14H2,1-3H3. The largest absolute Gasteiger partial charge is 0.497 e. The number of carbonyl (C=O) groups excluding carboxylic acids is 1. The average Bonchev–Trinajstić information content (AvgIpc) is 3.17. The van der Waals surface area contributed by atoms with Crippen molar-refractivity contribution in [3.05, 3.63) is 52.3 Å². The van der Waals surface area contributed by atoms with Crippen LogP contribution in [0.15, 0.2) is 39.8 Å². The highest BCUT2D eigenvalue weighted by Gasteiger charge is 2.29. The molecule has 1 aliphatic rings. The number of aryl methyl sites for hydroxylation is 2. The van der Waals surface area contributed by atoms with Crippen molar-refractivity contribution in [2.75, 3.05) is 51.9 Å². The Kier molecular flexibility index (Phi) is 6.45. The number of anilines is 1. The first-order valence-corrected chi connectivity index (χ1v) is 10.7. The molecular weight excluding hydrogens is 412 g/mol. The van der Waals surface area contributed by atoms with Crippen molar-refractivity contribution in [3.8, 4) is 5.75 Å². The Labute approximate surface area is 186 Å². The van der Waals surface area contributed by atoms with Gasteiger partial charge in [-0.3, -0.25) is 14.2 Å². The second-order valence-corrected chi connectivity index (χ2v) is 7.78. The van der Waals surface area contributed by atoms with Crippen LogP contribution in [0.5, 0.6) is 5.75 Å². The quantitative estimate of drug-likeness (QED) is 0.521. The van der Waals surface area contributed by atoms with Gasteiger partial charge in [-0.25, -0.2) is 4.98 Å². The maximum atomic E-state index is 13.4. The third kappa shape index (κ3) is 4.20. The molecule has 3 aromatic rings. The fraction of sp³-hybridized carbons (Fsp3) is 0.435. The molecule has 3 heterocycles. The van der Waals surface area contributed by atoms with E-state index in [1.54, 1.807) is 26.0 Å². The molecule has 1 fully saturated rings. The van der Waals surface area contributed by atoms with Crippen LogP contribution in [0.4, 0.5) is 5.69 Å². The smallest absolute Gasteiger partial charge is 0.265 e. The summed E-state index contributed by atoms with van der Waals surface area (Å²) in [6.07, 6.45) is 2.14. The number of amides is 1. The van der Waals surface area contributed by atoms with Gasteiger partial charge in [0.05, 0.1) is 12.7 Å². The van der Waals surface area contributed by atoms with Gasteiger partial charge in [-0.2, -0.15) is 0 Å². The fourth-order valence-corrected chi connectivity index (χ4v) is 4.05. The Morgan fingerprint density at radius 2 is 1.84 bits per heavy atom. The Bertz CT molecular complexity index is 1140. The molecule has 9 heteroatoms. The van der Waals surface area contributed by atoms with Gasteiger partial charge in [0.25, 0.3) is 11.5 Å². The molecule has 170 valence electrons. The van der Waals surface area contributed by atoms with Crippen LogP contribution in [0, 0.1) is 6.92 Å². The molecule has 0 saturated carbocycles. The molecule has 1 saturated heterocycles. The predicted octanol–water partition coefficient (Wildman–Crippen LogP) is 2.31. The zero-order valence-electron chi connectivity index (χ0n) is 18.7. The monoisotopic (exact) mass is 440 g/mol. The number of carbonyl (C=O) groups is 1. The van der Waals surface area contributed by atoms with E-state index in [4.69, 9.17) is 13.9 Å². The Hall–Kier alpha value is -3.33. The van der Waals surface area contributed by atoms with Crippen LogP contribution < -0.4 is 15.2 Å². The number of benzene rings is 1. The Morgan fingerprint density at radius 3 is 2.50 bits per heavy atom. The molecule has 0 unspecified atom stereocenters. The van der Waals surface area contributed by atoms with Gasteiger partial charge in [-0.15, -0.1) is 0 Å². The van der Waals surface area contributed by atoms with Crippen LogP contribution in [0.25, 0.3) is 11.1 Å². The van der Waals surface area contributed by atoms with Gasteiger partial charge in [0.2, 0.25) is 5.71 Å². The maximum absolute atomic E-state index is 13.4. The number of ether oxygens (including phenoxy) is 2. The average molecular weight is 441 g/mol. The summed E-state index contributed by atoms with van der Waals surface area (Å²) in [4.78, 5) is 34.7. The first kappa shape index (κ1) is 21.9. The van der Waals surface area contributed by atoms with E-state index >= 15 is 0 Å². The van der Waals surface area contributed by atoms with Gasteiger partial charge in [0.15, 0.2) is 0 Å². The Balaban J connectivity index is 1.53. The van der Waals surface area contributed by atoms with Gasteiger partial charge in [0.1, 0.15) is 23.2 Å². The zero-order valence-corrected chi connectivity index (χ0v) is 18.7. The number of aromatic nitrogens is 2. The minimum Gasteiger partial charge on any atom is -0.497 e. The molecule has 0 bridgehead atoms. The number of rotatable bonds is 7. The highest BCUT2D eigenvalue weighted by molar-refractivity contribution is 6.06. The number of fused-ring (bicyclic) bond motifs is 1. The maximum Gasteiger partial charge on any atom is 0.265 e. The van der Waals surface area contributed by atoms with E-state index in [1.165, 1.54) is 10.9 Å². The van der Waals surface area contributed by atoms with Crippen molar-refractivity contribution in [1.29, 1.82) is 0 Å². The Morgan fingerprint density at radius 1 is 1.12 bits per heavy atom. The molecule has 1 amide bonds. The summed E-state index contributed by atoms with van der Waals surface area (Å²) in [5, 5.41) is 0.255. The molecule has 9 nitrogen and oxygen atoms in total. The van der Waals surface area contributed by atoms with Crippen LogP contribution in [0.2, 0.25) is 0 Å². The minimum absolute atomic E-state index is 0.191. The first-order valence-electron chi connectivity index (χ1n) is 10.7. The molecule has 32 heavy (non-hydrogen) atoms. The van der Waals surface area contributed by atoms with E-state index in [0.29, 0.717) is 57.1 Å². The van der Waals surface area contributed by atoms with Gasteiger partial charge in [0, 0.05) is 52.1 Å². The van der Waals surface area contributed by atoms with Crippen LogP contribution >= 0.6 is 0 Å². The van der Waals surface area contributed by atoms with Crippen molar-refractivity contribution in [1.82, 2.24) is 14.5 Å². The molecular formula is C23H28N4O5. The zero-order chi connectivity index (χ0) is 22.7. The first-order chi connectivity index (χ1) is 15.5. The van der Waals surface area contributed by atoms with Gasteiger partial charge in [-0.1, -0.05) is 0 Å². The second kappa shape index (κ2) is 9.44. The summed E-state index contributed by atoms with van der Waals surface area (Å²) in [6.45, 7) is 5.22. The fourth-order valence-electron chi connectivity index (χ4n) is 4.05. The highest BCUT2D eigenvalue weighted by Crippen LogP contribution is 2.25. The molecule has 1 aromatic carbocycles. The molecule has 2 aromatic heterocycles. The van der Waals surface area contributed by atoms with Gasteiger partial charge < -0.3 is 23.7 Å². The molecule has 1 aliphatic heterocycles. The molecule has 0 N–H and O–H groups in total. The summed E-state index contributed by atoms with van der Waals surface area (Å²) in [7, 11) is 3.26. The van der Waals surface area contributed by atoms with Gasteiger partial charge in [-0.05, 0) is 37.6 Å². The van der Waals surface area contributed by atoms with Crippen LogP contribution in [0.3, 0.4) is 0 Å². The summed E-state index contributed by atoms with van der Waals surface area (Å²) >= 11 is 0. The van der Waals surface area contributed by atoms with Crippen molar-refractivity contribution in [3.63, 3.8) is 0 Å². The lowest BCUT2D eigenvalue weighted by Crippen LogP contribution is -2.49. The topological polar surface area (TPSA) is 90.0 Å². The van der Waals surface area contributed by atoms with E-state index in [2.05, 4.69) is 9.88 Å². The number of furan rings is 1. The van der Waals surface area contributed by atoms with E-state index < -0.39 is 0 Å². The number of piperazine rings is 1. The number of methoxy groups -OCH3 is 2. The minimum atomic E-state index is -0.261. The SMILES string of the molecule is COCCCn1cnc2oc(C)c(C(=O)N3CCN(c4ccc(OC)cc4)CC3)c2c1=O. The third-order valence-corrected chi connectivity index (χ3v) is 5.82. The predicted molar refractivity (Wildman–Crippen MR) is 121 cm³/mol. The van der Waals surface area contributed by atoms with Gasteiger partial charge >= 0.3 is 0 Å². The van der Waals surface area contributed by atoms with E-state index in [1.807, 2.05) is 24.3 Å². The molecule has 4 rings (SSSR count). The second-order valence-electron chi connectivity index (χ2n) is 7.78. The van der Waals surface area contributed by atoms with E-state index in [9.17, 15) is 9.59 Å². The highest BCUT2D eigenvalue weighted by atomic mass is 16.5. The summed E-state index contributed by atoms with van der Waals surface area (Å²) in [5.41, 5.74) is 1.35. The molecule has 0 spiro atoms. The third-order valence-electron chi connectivity index (χ3n) is 5.82. The summed E-state index contributed by atoms with van der Waals surface area (Å²) in [6, 6.07) is 7.89. The van der Waals surface area contributed by atoms with Crippen molar-refractivity contribution in [2.45, 2.75) is 19.9 Å². The lowest BCUT2D eigenvalue weighted by atomic mass is 10.1. The summed E-state index contributed by atoms with van der Waals surface area (Å²) < 4.78 is 17.5. The number of hydrogen-bond acceptors (Lipinski definition) is 7. The van der Waals surface area contributed by atoms with E-state index in [0.717, 1.165) is 11.4 Å². The summed E-state index contributed by atoms with van der Waals surface area (Å²) in [5.74, 6) is 1.04. The van der Waals surface area contributed by atoms with Crippen LogP contribution in [-0.4, -0.2) is 67.4 Å².